The number of nitrogens with one attached hydrogen (secondary N) is 1. The van der Waals surface area contributed by atoms with Gasteiger partial charge in [-0.25, -0.2) is 0 Å². The maximum atomic E-state index is 11.7. The van der Waals surface area contributed by atoms with Crippen molar-refractivity contribution in [1.29, 1.82) is 0 Å². The number of aromatic nitrogens is 1. The van der Waals surface area contributed by atoms with Crippen LogP contribution in [-0.4, -0.2) is 17.5 Å². The molecule has 1 N–H and O–H groups in total. The van der Waals surface area contributed by atoms with Gasteiger partial charge in [0.05, 0.1) is 12.2 Å². The van der Waals surface area contributed by atoms with Gasteiger partial charge in [0.1, 0.15) is 5.75 Å². The predicted molar refractivity (Wildman–Crippen MR) is 85.5 cm³/mol. The number of amides is 1. The Bertz CT molecular complexity index is 585. The topological polar surface area (TPSA) is 51.2 Å². The van der Waals surface area contributed by atoms with Crippen molar-refractivity contribution in [3.63, 3.8) is 0 Å². The van der Waals surface area contributed by atoms with Crippen LogP contribution in [0, 0.1) is 10.5 Å². The summed E-state index contributed by atoms with van der Waals surface area (Å²) < 4.78 is 6.54. The second kappa shape index (κ2) is 7.23. The molecule has 5 heteroatoms. The van der Waals surface area contributed by atoms with Crippen LogP contribution < -0.4 is 10.1 Å². The lowest BCUT2D eigenvalue weighted by atomic mass is 10.2. The van der Waals surface area contributed by atoms with Crippen LogP contribution in [0.4, 0.5) is 0 Å². The van der Waals surface area contributed by atoms with Crippen LogP contribution in [0.3, 0.4) is 0 Å². The molecule has 0 spiro atoms. The summed E-state index contributed by atoms with van der Waals surface area (Å²) in [5.74, 6) is 0.531. The fourth-order valence-corrected chi connectivity index (χ4v) is 1.98. The first-order valence-corrected chi connectivity index (χ1v) is 7.28. The third kappa shape index (κ3) is 4.48. The van der Waals surface area contributed by atoms with E-state index >= 15 is 0 Å². The van der Waals surface area contributed by atoms with E-state index in [-0.39, 0.29) is 12.5 Å². The lowest BCUT2D eigenvalue weighted by Gasteiger charge is -2.08. The fourth-order valence-electron chi connectivity index (χ4n) is 1.62. The van der Waals surface area contributed by atoms with Crippen LogP contribution >= 0.6 is 22.6 Å². The number of ether oxygens (including phenoxy) is 1. The van der Waals surface area contributed by atoms with Crippen molar-refractivity contribution < 1.29 is 9.53 Å². The number of benzene rings is 1. The van der Waals surface area contributed by atoms with Gasteiger partial charge in [-0.05, 0) is 65.4 Å². The molecule has 4 nitrogen and oxygen atoms in total. The number of pyridine rings is 1. The van der Waals surface area contributed by atoms with E-state index in [1.807, 2.05) is 43.3 Å². The zero-order valence-electron chi connectivity index (χ0n) is 11.1. The van der Waals surface area contributed by atoms with Gasteiger partial charge in [-0.3, -0.25) is 9.78 Å². The molecule has 1 aromatic heterocycles. The van der Waals surface area contributed by atoms with Gasteiger partial charge in [0.2, 0.25) is 0 Å². The van der Waals surface area contributed by atoms with Crippen molar-refractivity contribution in [2.24, 2.45) is 0 Å². The van der Waals surface area contributed by atoms with Gasteiger partial charge in [0, 0.05) is 9.77 Å². The van der Waals surface area contributed by atoms with E-state index in [0.717, 1.165) is 14.8 Å². The summed E-state index contributed by atoms with van der Waals surface area (Å²) in [6.45, 7) is 2.39. The molecule has 2 aromatic rings. The van der Waals surface area contributed by atoms with Crippen molar-refractivity contribution in [2.75, 3.05) is 6.61 Å². The summed E-state index contributed by atoms with van der Waals surface area (Å²) in [4.78, 5) is 15.9. The Morgan fingerprint density at radius 2 is 2.05 bits per heavy atom. The number of halogens is 1. The molecule has 0 radical (unpaired) electrons. The Hall–Kier alpha value is -1.63. The fraction of sp³-hybridized carbons (Fsp3) is 0.200. The number of carbonyl (C=O) groups is 1. The Morgan fingerprint density at radius 3 is 2.75 bits per heavy atom. The molecular weight excluding hydrogens is 367 g/mol. The van der Waals surface area contributed by atoms with Crippen molar-refractivity contribution in [2.45, 2.75) is 13.5 Å². The summed E-state index contributed by atoms with van der Waals surface area (Å²) in [6.07, 6.45) is 1.72. The van der Waals surface area contributed by atoms with E-state index in [1.54, 1.807) is 6.20 Å². The van der Waals surface area contributed by atoms with Crippen molar-refractivity contribution in [3.05, 3.63) is 57.4 Å². The predicted octanol–water partition coefficient (Wildman–Crippen LogP) is 2.69. The smallest absolute Gasteiger partial charge is 0.258 e. The highest BCUT2D eigenvalue weighted by molar-refractivity contribution is 14.1. The number of aryl methyl sites for hydroxylation is 1. The van der Waals surface area contributed by atoms with Gasteiger partial charge in [-0.15, -0.1) is 0 Å². The number of hydrogen-bond donors (Lipinski definition) is 1. The van der Waals surface area contributed by atoms with Gasteiger partial charge in [0.15, 0.2) is 6.61 Å². The minimum Gasteiger partial charge on any atom is -0.484 e. The molecule has 0 aliphatic heterocycles. The lowest BCUT2D eigenvalue weighted by molar-refractivity contribution is -0.123. The van der Waals surface area contributed by atoms with Crippen LogP contribution in [0.1, 0.15) is 11.3 Å². The van der Waals surface area contributed by atoms with Gasteiger partial charge in [0.25, 0.3) is 5.91 Å². The molecule has 104 valence electrons. The van der Waals surface area contributed by atoms with E-state index in [1.165, 1.54) is 0 Å². The zero-order valence-corrected chi connectivity index (χ0v) is 13.3. The van der Waals surface area contributed by atoms with Crippen LogP contribution in [-0.2, 0) is 11.3 Å². The summed E-state index contributed by atoms with van der Waals surface area (Å²) in [6, 6.07) is 11.4. The maximum absolute atomic E-state index is 11.7. The highest BCUT2D eigenvalue weighted by Gasteiger charge is 2.04. The summed E-state index contributed by atoms with van der Waals surface area (Å²) >= 11 is 2.22. The summed E-state index contributed by atoms with van der Waals surface area (Å²) in [7, 11) is 0. The van der Waals surface area contributed by atoms with Gasteiger partial charge >= 0.3 is 0 Å². The number of nitrogens with zero attached hydrogens (tertiary/aromatic N) is 1. The van der Waals surface area contributed by atoms with E-state index in [4.69, 9.17) is 4.74 Å². The Balaban J connectivity index is 1.78. The molecule has 0 bridgehead atoms. The maximum Gasteiger partial charge on any atom is 0.258 e. The number of hydrogen-bond acceptors (Lipinski definition) is 3. The lowest BCUT2D eigenvalue weighted by Crippen LogP contribution is -2.29. The van der Waals surface area contributed by atoms with Gasteiger partial charge in [-0.2, -0.15) is 0 Å². The molecule has 0 aliphatic carbocycles. The van der Waals surface area contributed by atoms with Crippen molar-refractivity contribution in [1.82, 2.24) is 10.3 Å². The van der Waals surface area contributed by atoms with E-state index < -0.39 is 0 Å². The molecule has 0 saturated heterocycles. The highest BCUT2D eigenvalue weighted by atomic mass is 127. The first-order valence-electron chi connectivity index (χ1n) is 6.21. The zero-order chi connectivity index (χ0) is 14.4. The first-order chi connectivity index (χ1) is 9.65. The Labute approximate surface area is 131 Å². The average molecular weight is 382 g/mol. The third-order valence-electron chi connectivity index (χ3n) is 2.75. The normalized spacial score (nSPS) is 10.1. The minimum absolute atomic E-state index is 0.00642. The van der Waals surface area contributed by atoms with Crippen LogP contribution in [0.2, 0.25) is 0 Å². The van der Waals surface area contributed by atoms with E-state index in [2.05, 4.69) is 32.9 Å². The Kier molecular flexibility index (Phi) is 5.34. The molecule has 1 amide bonds. The van der Waals surface area contributed by atoms with E-state index in [9.17, 15) is 4.79 Å². The van der Waals surface area contributed by atoms with Crippen LogP contribution in [0.25, 0.3) is 0 Å². The molecule has 1 heterocycles. The Morgan fingerprint density at radius 1 is 1.30 bits per heavy atom. The highest BCUT2D eigenvalue weighted by Crippen LogP contribution is 2.13. The van der Waals surface area contributed by atoms with E-state index in [0.29, 0.717) is 12.3 Å². The summed E-state index contributed by atoms with van der Waals surface area (Å²) in [5.41, 5.74) is 1.93. The molecule has 0 unspecified atom stereocenters. The molecule has 0 saturated carbocycles. The van der Waals surface area contributed by atoms with Gasteiger partial charge in [-0.1, -0.05) is 6.07 Å². The SMILES string of the molecule is Cc1cccnc1CNC(=O)COc1ccc(I)cc1. The molecule has 0 atom stereocenters. The number of carbonyl (C=O) groups excluding carboxylic acids is 1. The molecular formula is C15H15IN2O2. The molecule has 0 fully saturated rings. The van der Waals surface area contributed by atoms with Crippen molar-refractivity contribution in [3.8, 4) is 5.75 Å². The minimum atomic E-state index is -0.159. The first kappa shape index (κ1) is 14.8. The largest absolute Gasteiger partial charge is 0.484 e. The van der Waals surface area contributed by atoms with Crippen LogP contribution in [0.5, 0.6) is 5.75 Å². The molecule has 2 rings (SSSR count). The number of rotatable bonds is 5. The average Bonchev–Trinajstić information content (AvgIpc) is 2.46. The quantitative estimate of drug-likeness (QED) is 0.810. The molecule has 1 aromatic carbocycles. The second-order valence-electron chi connectivity index (χ2n) is 4.29. The summed E-state index contributed by atoms with van der Waals surface area (Å²) in [5, 5.41) is 2.79. The van der Waals surface area contributed by atoms with Crippen molar-refractivity contribution >= 4 is 28.5 Å². The molecule has 20 heavy (non-hydrogen) atoms. The second-order valence-corrected chi connectivity index (χ2v) is 5.53. The van der Waals surface area contributed by atoms with Gasteiger partial charge < -0.3 is 10.1 Å². The standard InChI is InChI=1S/C15H15IN2O2/c1-11-3-2-8-17-14(11)9-18-15(19)10-20-13-6-4-12(16)5-7-13/h2-8H,9-10H2,1H3,(H,18,19). The third-order valence-corrected chi connectivity index (χ3v) is 3.47. The van der Waals surface area contributed by atoms with Crippen LogP contribution in [0.15, 0.2) is 42.6 Å². The monoisotopic (exact) mass is 382 g/mol. The molecule has 0 aliphatic rings.